The summed E-state index contributed by atoms with van der Waals surface area (Å²) in [4.78, 5) is 16.2. The van der Waals surface area contributed by atoms with Crippen LogP contribution in [0.4, 0.5) is 8.78 Å². The van der Waals surface area contributed by atoms with E-state index in [0.29, 0.717) is 23.0 Å². The normalized spacial score (nSPS) is 16.2. The van der Waals surface area contributed by atoms with Crippen molar-refractivity contribution in [2.24, 2.45) is 5.41 Å². The molecule has 0 amide bonds. The van der Waals surface area contributed by atoms with Crippen LogP contribution in [0.2, 0.25) is 0 Å². The molecule has 4 nitrogen and oxygen atoms in total. The zero-order valence-electron chi connectivity index (χ0n) is 25.2. The topological polar surface area (TPSA) is 70.4 Å². The third-order valence-electron chi connectivity index (χ3n) is 8.57. The number of aryl methyl sites for hydroxylation is 1. The van der Waals surface area contributed by atoms with Gasteiger partial charge in [0.15, 0.2) is 11.6 Å². The first-order valence-corrected chi connectivity index (χ1v) is 16.3. The van der Waals surface area contributed by atoms with E-state index in [-0.39, 0.29) is 22.3 Å². The number of hydrogen-bond acceptors (Lipinski definition) is 4. The lowest BCUT2D eigenvalue weighted by Gasteiger charge is -2.29. The summed E-state index contributed by atoms with van der Waals surface area (Å²) < 4.78 is 27.4. The highest BCUT2D eigenvalue weighted by atomic mass is 32.2. The van der Waals surface area contributed by atoms with Crippen molar-refractivity contribution in [1.82, 2.24) is 4.98 Å². The summed E-state index contributed by atoms with van der Waals surface area (Å²) in [7, 11) is 0. The van der Waals surface area contributed by atoms with E-state index in [1.807, 2.05) is 55.1 Å². The minimum atomic E-state index is -0.919. The number of carbonyl (C=O) groups is 1. The van der Waals surface area contributed by atoms with Gasteiger partial charge in [-0.15, -0.1) is 11.8 Å². The Kier molecular flexibility index (Phi) is 10.2. The standard InChI is InChI=1S/C37H39F2NO3S/c1-3-35(37(17-18-37)23-36(42)43)44-34(16-13-26-8-4-5-9-27(26)19-24(2)41)29-10-6-7-25(20-29)11-14-30-15-12-28-21-31(38)32(39)22-33(28)40-30/h4-12,14-15,20-22,24,34-35,41H,3,13,16-19,23H2,1-2H3,(H,42,43)/t24?,34-,35?/m1/s1. The summed E-state index contributed by atoms with van der Waals surface area (Å²) >= 11 is 1.91. The van der Waals surface area contributed by atoms with Crippen molar-refractivity contribution < 1.29 is 23.8 Å². The highest BCUT2D eigenvalue weighted by molar-refractivity contribution is 8.00. The number of nitrogens with zero attached hydrogens (tertiary/aromatic N) is 1. The number of thioether (sulfide) groups is 1. The van der Waals surface area contributed by atoms with Crippen LogP contribution in [0.5, 0.6) is 0 Å². The molecule has 1 aliphatic rings. The number of benzene rings is 3. The van der Waals surface area contributed by atoms with E-state index in [1.54, 1.807) is 12.1 Å². The van der Waals surface area contributed by atoms with Gasteiger partial charge in [-0.3, -0.25) is 4.79 Å². The molecule has 3 aromatic carbocycles. The number of hydrogen-bond donors (Lipinski definition) is 2. The zero-order chi connectivity index (χ0) is 31.3. The van der Waals surface area contributed by atoms with Gasteiger partial charge in [-0.25, -0.2) is 13.8 Å². The number of carboxylic acid groups (broad SMARTS) is 1. The number of aliphatic hydroxyl groups is 1. The molecule has 1 saturated carbocycles. The first kappa shape index (κ1) is 31.9. The average Bonchev–Trinajstić information content (AvgIpc) is 3.77. The van der Waals surface area contributed by atoms with Gasteiger partial charge in [-0.2, -0.15) is 0 Å². The molecule has 1 aromatic heterocycles. The molecule has 1 fully saturated rings. The Morgan fingerprint density at radius 3 is 2.45 bits per heavy atom. The SMILES string of the molecule is CCC(S[C@H](CCc1ccccc1CC(C)O)c1cccc(C=Cc2ccc3cc(F)c(F)cc3n2)c1)C1(CC(=O)O)CC1. The Morgan fingerprint density at radius 2 is 1.75 bits per heavy atom. The number of carboxylic acids is 1. The highest BCUT2D eigenvalue weighted by Gasteiger charge is 2.50. The minimum Gasteiger partial charge on any atom is -0.481 e. The third-order valence-corrected chi connectivity index (χ3v) is 10.6. The largest absolute Gasteiger partial charge is 0.481 e. The molecule has 3 atom stereocenters. The van der Waals surface area contributed by atoms with Crippen LogP contribution in [0.25, 0.3) is 23.1 Å². The van der Waals surface area contributed by atoms with Crippen LogP contribution in [0, 0.1) is 17.0 Å². The number of halogens is 2. The molecule has 44 heavy (non-hydrogen) atoms. The Morgan fingerprint density at radius 1 is 1.00 bits per heavy atom. The number of fused-ring (bicyclic) bond motifs is 1. The molecular formula is C37H39F2NO3S. The van der Waals surface area contributed by atoms with E-state index in [1.165, 1.54) is 11.1 Å². The fourth-order valence-electron chi connectivity index (χ4n) is 6.14. The van der Waals surface area contributed by atoms with Gasteiger partial charge in [0, 0.05) is 22.0 Å². The Bertz CT molecular complexity index is 1650. The number of aliphatic carboxylic acids is 1. The molecule has 0 saturated heterocycles. The molecule has 1 aliphatic carbocycles. The minimum absolute atomic E-state index is 0.143. The Balaban J connectivity index is 1.41. The van der Waals surface area contributed by atoms with Gasteiger partial charge in [0.2, 0.25) is 0 Å². The molecule has 0 radical (unpaired) electrons. The van der Waals surface area contributed by atoms with Crippen molar-refractivity contribution in [3.05, 3.63) is 112 Å². The van der Waals surface area contributed by atoms with Gasteiger partial charge in [0.1, 0.15) is 0 Å². The van der Waals surface area contributed by atoms with Crippen molar-refractivity contribution in [3.63, 3.8) is 0 Å². The van der Waals surface area contributed by atoms with Crippen molar-refractivity contribution in [3.8, 4) is 0 Å². The van der Waals surface area contributed by atoms with Gasteiger partial charge in [0.25, 0.3) is 0 Å². The monoisotopic (exact) mass is 615 g/mol. The van der Waals surface area contributed by atoms with Gasteiger partial charge in [-0.05, 0) is 91.3 Å². The quantitative estimate of drug-likeness (QED) is 0.148. The molecular weight excluding hydrogens is 576 g/mol. The lowest BCUT2D eigenvalue weighted by atomic mass is 9.95. The smallest absolute Gasteiger partial charge is 0.303 e. The summed E-state index contributed by atoms with van der Waals surface area (Å²) in [5, 5.41) is 20.6. The van der Waals surface area contributed by atoms with Crippen LogP contribution < -0.4 is 0 Å². The first-order valence-electron chi connectivity index (χ1n) is 15.3. The van der Waals surface area contributed by atoms with Crippen LogP contribution in [0.15, 0.2) is 72.8 Å². The van der Waals surface area contributed by atoms with E-state index in [2.05, 4.69) is 36.2 Å². The molecule has 5 rings (SSSR count). The molecule has 4 aromatic rings. The number of aromatic nitrogens is 1. The molecule has 7 heteroatoms. The van der Waals surface area contributed by atoms with Crippen LogP contribution in [-0.2, 0) is 17.6 Å². The molecule has 1 heterocycles. The second kappa shape index (κ2) is 14.0. The van der Waals surface area contributed by atoms with Gasteiger partial charge in [0.05, 0.1) is 23.7 Å². The molecule has 0 bridgehead atoms. The molecule has 0 aliphatic heterocycles. The van der Waals surface area contributed by atoms with Crippen LogP contribution in [0.1, 0.15) is 79.1 Å². The molecule has 0 spiro atoms. The van der Waals surface area contributed by atoms with Gasteiger partial charge in [-0.1, -0.05) is 67.6 Å². The average molecular weight is 616 g/mol. The fraction of sp³-hybridized carbons (Fsp3) is 0.351. The van der Waals surface area contributed by atoms with Crippen LogP contribution in [-0.4, -0.2) is 32.5 Å². The van der Waals surface area contributed by atoms with E-state index < -0.39 is 23.7 Å². The number of rotatable bonds is 14. The van der Waals surface area contributed by atoms with Crippen molar-refractivity contribution in [2.45, 2.75) is 75.4 Å². The van der Waals surface area contributed by atoms with Crippen molar-refractivity contribution in [1.29, 1.82) is 0 Å². The van der Waals surface area contributed by atoms with Crippen LogP contribution >= 0.6 is 11.8 Å². The predicted molar refractivity (Wildman–Crippen MR) is 176 cm³/mol. The van der Waals surface area contributed by atoms with Crippen molar-refractivity contribution in [2.75, 3.05) is 0 Å². The molecule has 2 N–H and O–H groups in total. The Labute approximate surface area is 262 Å². The van der Waals surface area contributed by atoms with Gasteiger partial charge >= 0.3 is 5.97 Å². The lowest BCUT2D eigenvalue weighted by Crippen LogP contribution is -2.23. The summed E-state index contributed by atoms with van der Waals surface area (Å²) in [6.45, 7) is 3.97. The first-order chi connectivity index (χ1) is 21.2. The maximum absolute atomic E-state index is 13.8. The molecule has 2 unspecified atom stereocenters. The van der Waals surface area contributed by atoms with Gasteiger partial charge < -0.3 is 10.2 Å². The van der Waals surface area contributed by atoms with E-state index in [9.17, 15) is 23.8 Å². The second-order valence-corrected chi connectivity index (χ2v) is 13.4. The zero-order valence-corrected chi connectivity index (χ0v) is 26.0. The number of aliphatic hydroxyl groups excluding tert-OH is 1. The highest BCUT2D eigenvalue weighted by Crippen LogP contribution is 2.59. The lowest BCUT2D eigenvalue weighted by molar-refractivity contribution is -0.138. The predicted octanol–water partition coefficient (Wildman–Crippen LogP) is 9.05. The van der Waals surface area contributed by atoms with E-state index in [0.717, 1.165) is 55.4 Å². The Hall–Kier alpha value is -3.55. The number of pyridine rings is 1. The van der Waals surface area contributed by atoms with Crippen LogP contribution in [0.3, 0.4) is 0 Å². The molecule has 230 valence electrons. The van der Waals surface area contributed by atoms with E-state index in [4.69, 9.17) is 0 Å². The maximum atomic E-state index is 13.8. The maximum Gasteiger partial charge on any atom is 0.303 e. The van der Waals surface area contributed by atoms with Crippen molar-refractivity contribution >= 4 is 40.8 Å². The summed E-state index contributed by atoms with van der Waals surface area (Å²) in [5.41, 5.74) is 5.46. The summed E-state index contributed by atoms with van der Waals surface area (Å²) in [5.74, 6) is -2.54. The second-order valence-electron chi connectivity index (χ2n) is 12.0. The summed E-state index contributed by atoms with van der Waals surface area (Å²) in [6, 6.07) is 22.5. The summed E-state index contributed by atoms with van der Waals surface area (Å²) in [6.07, 6.45) is 8.78. The van der Waals surface area contributed by atoms with E-state index >= 15 is 0 Å². The third kappa shape index (κ3) is 7.93. The fourth-order valence-corrected chi connectivity index (χ4v) is 7.89.